The molecule has 0 fully saturated rings. The Morgan fingerprint density at radius 3 is 0.750 bits per heavy atom. The first-order chi connectivity index (χ1) is 21.9. The Balaban J connectivity index is 1.66. The largest absolute Gasteiger partial charge is 0.0616 e. The molecule has 0 nitrogen and oxygen atoms in total. The molecule has 0 bridgehead atoms. The summed E-state index contributed by atoms with van der Waals surface area (Å²) in [6.07, 6.45) is 0. The fourth-order valence-electron chi connectivity index (χ4n) is 9.28. The average molecular weight is 551 g/mol. The van der Waals surface area contributed by atoms with Crippen molar-refractivity contribution in [3.8, 4) is 0 Å². The quantitative estimate of drug-likeness (QED) is 0.165. The zero-order valence-electron chi connectivity index (χ0n) is 23.7. The summed E-state index contributed by atoms with van der Waals surface area (Å²) in [6, 6.07) is 50.7. The molecule has 0 aliphatic rings. The maximum atomic E-state index is 2.41. The van der Waals surface area contributed by atoms with Gasteiger partial charge in [-0.25, -0.2) is 0 Å². The predicted molar refractivity (Wildman–Crippen MR) is 193 cm³/mol. The maximum Gasteiger partial charge on any atom is -0.0000933 e. The second-order valence-electron chi connectivity index (χ2n) is 12.7. The molecule has 0 aromatic heterocycles. The molecule has 0 saturated heterocycles. The molecule has 0 atom stereocenters. The van der Waals surface area contributed by atoms with Crippen molar-refractivity contribution >= 4 is 118 Å². The van der Waals surface area contributed by atoms with Crippen LogP contribution in [0.1, 0.15) is 0 Å². The number of fused-ring (bicyclic) bond motifs is 12. The molecule has 0 saturated carbocycles. The highest BCUT2D eigenvalue weighted by Gasteiger charge is 2.26. The van der Waals surface area contributed by atoms with Crippen LogP contribution in [0.15, 0.2) is 133 Å². The van der Waals surface area contributed by atoms with Gasteiger partial charge in [-0.05, 0) is 118 Å². The van der Waals surface area contributed by atoms with Gasteiger partial charge in [-0.15, -0.1) is 0 Å². The van der Waals surface area contributed by atoms with Gasteiger partial charge < -0.3 is 0 Å². The lowest BCUT2D eigenvalue weighted by Gasteiger charge is -2.18. The van der Waals surface area contributed by atoms with Crippen LogP contribution in [-0.2, 0) is 0 Å². The van der Waals surface area contributed by atoms with E-state index in [4.69, 9.17) is 0 Å². The summed E-state index contributed by atoms with van der Waals surface area (Å²) >= 11 is 0. The summed E-state index contributed by atoms with van der Waals surface area (Å²) in [6.45, 7) is 0. The lowest BCUT2D eigenvalue weighted by atomic mass is 9.84. The van der Waals surface area contributed by atoms with Gasteiger partial charge in [-0.3, -0.25) is 0 Å². The highest BCUT2D eigenvalue weighted by atomic mass is 14.3. The van der Waals surface area contributed by atoms with Crippen LogP contribution in [-0.4, -0.2) is 0 Å². The van der Waals surface area contributed by atoms with Gasteiger partial charge in [0.1, 0.15) is 0 Å². The summed E-state index contributed by atoms with van der Waals surface area (Å²) < 4.78 is 0. The third-order valence-corrected chi connectivity index (χ3v) is 10.8. The van der Waals surface area contributed by atoms with Crippen LogP contribution in [0.5, 0.6) is 0 Å². The zero-order chi connectivity index (χ0) is 28.3. The zero-order valence-corrected chi connectivity index (χ0v) is 23.7. The molecular formula is C44H22. The van der Waals surface area contributed by atoms with Crippen molar-refractivity contribution < 1.29 is 0 Å². The second-order valence-corrected chi connectivity index (χ2v) is 12.7. The van der Waals surface area contributed by atoms with Crippen LogP contribution >= 0.6 is 0 Å². The lowest BCUT2D eigenvalue weighted by Crippen LogP contribution is -1.90. The molecule has 0 aliphatic carbocycles. The Hall–Kier alpha value is -5.72. The van der Waals surface area contributed by atoms with Gasteiger partial charge in [-0.2, -0.15) is 0 Å². The van der Waals surface area contributed by atoms with E-state index in [9.17, 15) is 0 Å². The molecule has 12 aromatic rings. The average Bonchev–Trinajstić information content (AvgIpc) is 3.23. The van der Waals surface area contributed by atoms with Crippen molar-refractivity contribution in [2.24, 2.45) is 0 Å². The Morgan fingerprint density at radius 1 is 0.159 bits per heavy atom. The van der Waals surface area contributed by atoms with E-state index in [1.54, 1.807) is 0 Å². The van der Waals surface area contributed by atoms with E-state index in [-0.39, 0.29) is 0 Å². The number of benzene rings is 11. The number of hydrogen-bond acceptors (Lipinski definition) is 0. The van der Waals surface area contributed by atoms with Gasteiger partial charge in [0, 0.05) is 0 Å². The van der Waals surface area contributed by atoms with Crippen molar-refractivity contribution in [1.82, 2.24) is 0 Å². The van der Waals surface area contributed by atoms with Crippen LogP contribution in [0, 0.1) is 0 Å². The van der Waals surface area contributed by atoms with Crippen LogP contribution in [0.2, 0.25) is 0 Å². The molecule has 0 heterocycles. The Morgan fingerprint density at radius 2 is 0.409 bits per heavy atom. The first-order valence-corrected chi connectivity index (χ1v) is 15.5. The molecule has 0 heteroatoms. The van der Waals surface area contributed by atoms with Crippen LogP contribution < -0.4 is 0 Å². The summed E-state index contributed by atoms with van der Waals surface area (Å²) in [4.78, 5) is 0. The number of rotatable bonds is 0. The molecule has 0 amide bonds. The molecule has 0 spiro atoms. The van der Waals surface area contributed by atoms with Gasteiger partial charge in [0.05, 0.1) is 0 Å². The van der Waals surface area contributed by atoms with E-state index in [1.165, 1.54) is 118 Å². The third-order valence-electron chi connectivity index (χ3n) is 10.8. The highest BCUT2D eigenvalue weighted by molar-refractivity contribution is 6.55. The molecule has 12 rings (SSSR count). The third kappa shape index (κ3) is 2.26. The van der Waals surface area contributed by atoms with E-state index in [1.807, 2.05) is 0 Å². The van der Waals surface area contributed by atoms with Crippen molar-refractivity contribution in [3.63, 3.8) is 0 Å². The lowest BCUT2D eigenvalue weighted by molar-refractivity contribution is 1.81. The standard InChI is InChI=1S/C44H22/c1-5-13-28-24(9-1)32-19-17-23-18-20-33-25-10-2-6-14-29(25)38-31-16-8-4-12-27(31)35-22-21-34-26-11-3-7-15-30(26)37(28)43-39(32)36(23)40(33)44(38)42(35)41(34)43/h1-22H. The van der Waals surface area contributed by atoms with Gasteiger partial charge >= 0.3 is 0 Å². The van der Waals surface area contributed by atoms with Crippen molar-refractivity contribution in [2.75, 3.05) is 0 Å². The van der Waals surface area contributed by atoms with Crippen LogP contribution in [0.25, 0.3) is 118 Å². The van der Waals surface area contributed by atoms with Crippen LogP contribution in [0.4, 0.5) is 0 Å². The Bertz CT molecular complexity index is 2950. The molecule has 198 valence electrons. The van der Waals surface area contributed by atoms with Gasteiger partial charge in [0.2, 0.25) is 0 Å². The smallest absolute Gasteiger partial charge is 0.0000933 e. The van der Waals surface area contributed by atoms with E-state index in [2.05, 4.69) is 133 Å². The van der Waals surface area contributed by atoms with E-state index in [0.29, 0.717) is 0 Å². The first-order valence-electron chi connectivity index (χ1n) is 15.5. The fraction of sp³-hybridized carbons (Fsp3) is 0. The van der Waals surface area contributed by atoms with E-state index < -0.39 is 0 Å². The van der Waals surface area contributed by atoms with Crippen molar-refractivity contribution in [2.45, 2.75) is 0 Å². The maximum absolute atomic E-state index is 2.41. The van der Waals surface area contributed by atoms with E-state index in [0.717, 1.165) is 0 Å². The van der Waals surface area contributed by atoms with Gasteiger partial charge in [0.25, 0.3) is 0 Å². The summed E-state index contributed by atoms with van der Waals surface area (Å²) in [5.74, 6) is 0. The summed E-state index contributed by atoms with van der Waals surface area (Å²) in [5.41, 5.74) is 0. The van der Waals surface area contributed by atoms with Crippen LogP contribution in [0.3, 0.4) is 0 Å². The molecule has 44 heavy (non-hydrogen) atoms. The number of hydrogen-bond donors (Lipinski definition) is 0. The first kappa shape index (κ1) is 21.9. The second kappa shape index (κ2) is 7.25. The molecule has 0 N–H and O–H groups in total. The monoisotopic (exact) mass is 550 g/mol. The topological polar surface area (TPSA) is 0 Å². The minimum atomic E-state index is 1.31. The SMILES string of the molecule is c1ccc2c(c1)c1ccc3ccc4c5ccccc5c5c6ccccc6c6ccc7c8ccccc8c2c2c1c3c4c5c6c72. The molecule has 12 aromatic carbocycles. The molecule has 0 unspecified atom stereocenters. The molecule has 0 aliphatic heterocycles. The normalized spacial score (nSPS) is 13.0. The van der Waals surface area contributed by atoms with E-state index >= 15 is 0 Å². The molecule has 0 radical (unpaired) electrons. The summed E-state index contributed by atoms with van der Waals surface area (Å²) in [7, 11) is 0. The minimum Gasteiger partial charge on any atom is -0.0616 e. The Labute approximate surface area is 251 Å². The predicted octanol–water partition coefficient (Wildman–Crippen LogP) is 12.7. The minimum absolute atomic E-state index is 1.31. The summed E-state index contributed by atoms with van der Waals surface area (Å²) in [5, 5.41) is 30.0. The highest BCUT2D eigenvalue weighted by Crippen LogP contribution is 2.55. The Kier molecular flexibility index (Phi) is 3.61. The van der Waals surface area contributed by atoms with Crippen molar-refractivity contribution in [3.05, 3.63) is 133 Å². The van der Waals surface area contributed by atoms with Gasteiger partial charge in [0.15, 0.2) is 0 Å². The molecular weight excluding hydrogens is 528 g/mol. The van der Waals surface area contributed by atoms with Gasteiger partial charge in [-0.1, -0.05) is 133 Å². The fourth-order valence-corrected chi connectivity index (χ4v) is 9.28. The van der Waals surface area contributed by atoms with Crippen molar-refractivity contribution in [1.29, 1.82) is 0 Å².